The van der Waals surface area contributed by atoms with E-state index in [4.69, 9.17) is 20.4 Å². The number of oxime groups is 1. The average Bonchev–Trinajstić information content (AvgIpc) is 2.48. The zero-order valence-electron chi connectivity index (χ0n) is 11.3. The first-order valence-corrected chi connectivity index (χ1v) is 6.04. The van der Waals surface area contributed by atoms with Gasteiger partial charge >= 0.3 is 0 Å². The number of benzene rings is 2. The van der Waals surface area contributed by atoms with Crippen LogP contribution >= 0.6 is 0 Å². The van der Waals surface area contributed by atoms with Crippen LogP contribution in [0.4, 0.5) is 0 Å². The molecule has 0 bridgehead atoms. The molecule has 2 rings (SSSR count). The Hall–Kier alpha value is -2.69. The molecule has 0 saturated heterocycles. The molecule has 20 heavy (non-hydrogen) atoms. The van der Waals surface area contributed by atoms with Gasteiger partial charge in [-0.05, 0) is 31.2 Å². The largest absolute Gasteiger partial charge is 0.497 e. The van der Waals surface area contributed by atoms with Crippen molar-refractivity contribution in [3.63, 3.8) is 0 Å². The number of rotatable bonds is 4. The molecule has 104 valence electrons. The van der Waals surface area contributed by atoms with Crippen molar-refractivity contribution in [3.8, 4) is 17.2 Å². The molecule has 0 amide bonds. The maximum atomic E-state index is 8.84. The Bertz CT molecular complexity index is 639. The molecule has 0 aliphatic carbocycles. The molecule has 0 atom stereocenters. The molecule has 0 unspecified atom stereocenters. The van der Waals surface area contributed by atoms with Crippen LogP contribution in [0.1, 0.15) is 11.1 Å². The zero-order valence-corrected chi connectivity index (χ0v) is 11.3. The van der Waals surface area contributed by atoms with Crippen LogP contribution in [0.2, 0.25) is 0 Å². The van der Waals surface area contributed by atoms with Crippen LogP contribution in [0.25, 0.3) is 0 Å². The molecule has 0 radical (unpaired) electrons. The molecule has 0 aliphatic heterocycles. The van der Waals surface area contributed by atoms with E-state index in [1.807, 2.05) is 25.1 Å². The summed E-state index contributed by atoms with van der Waals surface area (Å²) in [6.07, 6.45) is 0. The summed E-state index contributed by atoms with van der Waals surface area (Å²) in [5.41, 5.74) is 7.20. The third-order valence-corrected chi connectivity index (χ3v) is 2.79. The summed E-state index contributed by atoms with van der Waals surface area (Å²) >= 11 is 0. The van der Waals surface area contributed by atoms with Gasteiger partial charge in [-0.1, -0.05) is 22.9 Å². The summed E-state index contributed by atoms with van der Waals surface area (Å²) in [4.78, 5) is 0. The van der Waals surface area contributed by atoms with E-state index in [9.17, 15) is 0 Å². The molecule has 0 saturated carbocycles. The normalized spacial score (nSPS) is 11.2. The molecule has 0 spiro atoms. The number of nitrogens with two attached hydrogens (primary N) is 1. The van der Waals surface area contributed by atoms with Crippen LogP contribution in [-0.4, -0.2) is 18.2 Å². The molecule has 2 aromatic carbocycles. The van der Waals surface area contributed by atoms with E-state index in [0.717, 1.165) is 5.56 Å². The Morgan fingerprint density at radius 1 is 1.15 bits per heavy atom. The molecule has 0 fully saturated rings. The van der Waals surface area contributed by atoms with Gasteiger partial charge in [0.05, 0.1) is 12.7 Å². The first kappa shape index (κ1) is 13.7. The smallest absolute Gasteiger partial charge is 0.173 e. The predicted molar refractivity (Wildman–Crippen MR) is 76.8 cm³/mol. The molecule has 2 aromatic rings. The number of methoxy groups -OCH3 is 1. The maximum Gasteiger partial charge on any atom is 0.173 e. The molecule has 0 aromatic heterocycles. The third-order valence-electron chi connectivity index (χ3n) is 2.79. The summed E-state index contributed by atoms with van der Waals surface area (Å²) < 4.78 is 10.9. The fourth-order valence-corrected chi connectivity index (χ4v) is 1.78. The van der Waals surface area contributed by atoms with Gasteiger partial charge in [-0.2, -0.15) is 0 Å². The van der Waals surface area contributed by atoms with Crippen molar-refractivity contribution < 1.29 is 14.7 Å². The zero-order chi connectivity index (χ0) is 14.5. The third kappa shape index (κ3) is 3.00. The van der Waals surface area contributed by atoms with Gasteiger partial charge in [0.15, 0.2) is 5.84 Å². The second-order valence-corrected chi connectivity index (χ2v) is 4.27. The highest BCUT2D eigenvalue weighted by molar-refractivity contribution is 5.99. The van der Waals surface area contributed by atoms with E-state index in [1.54, 1.807) is 31.4 Å². The van der Waals surface area contributed by atoms with Gasteiger partial charge in [0.2, 0.25) is 0 Å². The Morgan fingerprint density at radius 3 is 2.60 bits per heavy atom. The van der Waals surface area contributed by atoms with E-state index < -0.39 is 0 Å². The van der Waals surface area contributed by atoms with E-state index in [0.29, 0.717) is 22.8 Å². The van der Waals surface area contributed by atoms with Crippen LogP contribution in [0.15, 0.2) is 47.6 Å². The van der Waals surface area contributed by atoms with Crippen LogP contribution in [-0.2, 0) is 0 Å². The van der Waals surface area contributed by atoms with Gasteiger partial charge in [0, 0.05) is 6.07 Å². The fraction of sp³-hybridized carbons (Fsp3) is 0.133. The highest BCUT2D eigenvalue weighted by Gasteiger charge is 2.10. The molecular weight excluding hydrogens is 256 g/mol. The van der Waals surface area contributed by atoms with Gasteiger partial charge in [0.25, 0.3) is 0 Å². The Morgan fingerprint density at radius 2 is 1.90 bits per heavy atom. The van der Waals surface area contributed by atoms with E-state index in [2.05, 4.69) is 5.16 Å². The second kappa shape index (κ2) is 5.97. The van der Waals surface area contributed by atoms with E-state index >= 15 is 0 Å². The number of nitrogens with zero attached hydrogens (tertiary/aromatic N) is 1. The molecule has 0 aliphatic rings. The van der Waals surface area contributed by atoms with Crippen molar-refractivity contribution in [2.45, 2.75) is 6.92 Å². The summed E-state index contributed by atoms with van der Waals surface area (Å²) in [7, 11) is 1.59. The van der Waals surface area contributed by atoms with E-state index in [1.165, 1.54) is 0 Å². The van der Waals surface area contributed by atoms with Gasteiger partial charge in [-0.3, -0.25) is 0 Å². The Kier molecular flexibility index (Phi) is 4.10. The van der Waals surface area contributed by atoms with Crippen molar-refractivity contribution in [2.24, 2.45) is 10.9 Å². The predicted octanol–water partition coefficient (Wildman–Crippen LogP) is 2.89. The molecule has 5 heteroatoms. The van der Waals surface area contributed by atoms with Crippen LogP contribution in [0, 0.1) is 6.92 Å². The first-order valence-electron chi connectivity index (χ1n) is 6.04. The summed E-state index contributed by atoms with van der Waals surface area (Å²) in [5, 5.41) is 11.9. The lowest BCUT2D eigenvalue weighted by molar-refractivity contribution is 0.318. The van der Waals surface area contributed by atoms with Crippen molar-refractivity contribution in [2.75, 3.05) is 7.11 Å². The quantitative estimate of drug-likeness (QED) is 0.388. The minimum absolute atomic E-state index is 0.00611. The molecular formula is C15H16N2O3. The number of amidine groups is 1. The standard InChI is InChI=1S/C15H16N2O3/c1-10-6-7-14(13(8-10)15(16)17-18)20-12-5-3-4-11(9-12)19-2/h3-9,18H,1-2H3,(H2,16,17). The number of hydrogen-bond donors (Lipinski definition) is 2. The van der Waals surface area contributed by atoms with Crippen LogP contribution < -0.4 is 15.2 Å². The van der Waals surface area contributed by atoms with Crippen molar-refractivity contribution in [3.05, 3.63) is 53.6 Å². The minimum Gasteiger partial charge on any atom is -0.497 e. The Balaban J connectivity index is 2.37. The minimum atomic E-state index is 0.00611. The van der Waals surface area contributed by atoms with Crippen molar-refractivity contribution in [1.29, 1.82) is 0 Å². The van der Waals surface area contributed by atoms with Gasteiger partial charge in [-0.15, -0.1) is 0 Å². The van der Waals surface area contributed by atoms with Gasteiger partial charge < -0.3 is 20.4 Å². The van der Waals surface area contributed by atoms with E-state index in [-0.39, 0.29) is 5.84 Å². The lowest BCUT2D eigenvalue weighted by atomic mass is 10.1. The fourth-order valence-electron chi connectivity index (χ4n) is 1.78. The lowest BCUT2D eigenvalue weighted by Crippen LogP contribution is -2.14. The van der Waals surface area contributed by atoms with Gasteiger partial charge in [0.1, 0.15) is 17.2 Å². The summed E-state index contributed by atoms with van der Waals surface area (Å²) in [6.45, 7) is 1.92. The lowest BCUT2D eigenvalue weighted by Gasteiger charge is -2.11. The number of hydrogen-bond acceptors (Lipinski definition) is 4. The average molecular weight is 272 g/mol. The van der Waals surface area contributed by atoms with Crippen LogP contribution in [0.3, 0.4) is 0 Å². The van der Waals surface area contributed by atoms with Crippen LogP contribution in [0.5, 0.6) is 17.2 Å². The highest BCUT2D eigenvalue weighted by Crippen LogP contribution is 2.28. The van der Waals surface area contributed by atoms with Gasteiger partial charge in [-0.25, -0.2) is 0 Å². The number of ether oxygens (including phenoxy) is 2. The molecule has 3 N–H and O–H groups in total. The molecule has 0 heterocycles. The summed E-state index contributed by atoms with van der Waals surface area (Å²) in [6, 6.07) is 12.7. The Labute approximate surface area is 117 Å². The first-order chi connectivity index (χ1) is 9.63. The topological polar surface area (TPSA) is 77.1 Å². The molecule has 5 nitrogen and oxygen atoms in total. The van der Waals surface area contributed by atoms with Crippen molar-refractivity contribution in [1.82, 2.24) is 0 Å². The van der Waals surface area contributed by atoms with Crippen molar-refractivity contribution >= 4 is 5.84 Å². The number of aryl methyl sites for hydroxylation is 1. The monoisotopic (exact) mass is 272 g/mol. The SMILES string of the molecule is COc1cccc(Oc2ccc(C)cc2/C(N)=N/O)c1. The highest BCUT2D eigenvalue weighted by atomic mass is 16.5. The second-order valence-electron chi connectivity index (χ2n) is 4.27. The summed E-state index contributed by atoms with van der Waals surface area (Å²) in [5.74, 6) is 1.82. The maximum absolute atomic E-state index is 8.84.